The zero-order valence-electron chi connectivity index (χ0n) is 20.2. The Bertz CT molecular complexity index is 1050. The van der Waals surface area contributed by atoms with Crippen LogP contribution in [0.25, 0.3) is 0 Å². The summed E-state index contributed by atoms with van der Waals surface area (Å²) in [6.07, 6.45) is 2.99. The Kier molecular flexibility index (Phi) is 9.65. The Morgan fingerprint density at radius 1 is 0.882 bits per heavy atom. The highest BCUT2D eigenvalue weighted by molar-refractivity contribution is 7.80. The number of ether oxygens (including phenoxy) is 1. The van der Waals surface area contributed by atoms with Gasteiger partial charge in [-0.1, -0.05) is 68.4 Å². The molecule has 0 heterocycles. The smallest absolute Gasteiger partial charge is 0.233 e. The van der Waals surface area contributed by atoms with E-state index in [0.717, 1.165) is 36.3 Å². The van der Waals surface area contributed by atoms with Gasteiger partial charge < -0.3 is 15.4 Å². The third-order valence-corrected chi connectivity index (χ3v) is 5.79. The van der Waals surface area contributed by atoms with Gasteiger partial charge in [-0.15, -0.1) is 0 Å². The zero-order chi connectivity index (χ0) is 24.3. The first-order valence-electron chi connectivity index (χ1n) is 11.9. The molecule has 0 radical (unpaired) electrons. The van der Waals surface area contributed by atoms with Crippen molar-refractivity contribution in [2.45, 2.75) is 46.0 Å². The van der Waals surface area contributed by atoms with E-state index in [-0.39, 0.29) is 16.9 Å². The number of hydrogen-bond donors (Lipinski definition) is 2. The van der Waals surface area contributed by atoms with Crippen molar-refractivity contribution in [3.8, 4) is 5.75 Å². The summed E-state index contributed by atoms with van der Waals surface area (Å²) in [4.78, 5) is 12.7. The molecule has 178 valence electrons. The molecule has 4 nitrogen and oxygen atoms in total. The second kappa shape index (κ2) is 12.9. The Labute approximate surface area is 208 Å². The molecule has 3 aromatic carbocycles. The number of nitrogens with one attached hydrogen (secondary N) is 2. The standard InChI is InChI=1S/C29H34N2O2S/c1-21(2)20-24-11-13-25(14-12-24)22(3)28(32)31-29(34)30-26-15-17-27(18-16-26)33-19-7-10-23-8-5-4-6-9-23/h4-6,8-9,11-18,21-22H,7,10,19-20H2,1-3H3,(H2,30,31,32,34). The van der Waals surface area contributed by atoms with Crippen molar-refractivity contribution in [1.82, 2.24) is 5.32 Å². The van der Waals surface area contributed by atoms with Gasteiger partial charge in [0.15, 0.2) is 5.11 Å². The van der Waals surface area contributed by atoms with Gasteiger partial charge in [0.05, 0.1) is 12.5 Å². The molecule has 1 unspecified atom stereocenters. The van der Waals surface area contributed by atoms with Gasteiger partial charge in [0.1, 0.15) is 5.75 Å². The van der Waals surface area contributed by atoms with Crippen LogP contribution in [0, 0.1) is 5.92 Å². The number of hydrogen-bond acceptors (Lipinski definition) is 3. The highest BCUT2D eigenvalue weighted by Crippen LogP contribution is 2.19. The molecule has 3 rings (SSSR count). The lowest BCUT2D eigenvalue weighted by Crippen LogP contribution is -2.36. The van der Waals surface area contributed by atoms with Crippen LogP contribution in [0.1, 0.15) is 49.8 Å². The third kappa shape index (κ3) is 8.31. The van der Waals surface area contributed by atoms with Gasteiger partial charge in [-0.05, 0) is 85.3 Å². The fourth-order valence-corrected chi connectivity index (χ4v) is 3.91. The number of aryl methyl sites for hydroxylation is 1. The fourth-order valence-electron chi connectivity index (χ4n) is 3.69. The quantitative estimate of drug-likeness (QED) is 0.260. The number of thiocarbonyl (C=S) groups is 1. The number of benzene rings is 3. The maximum atomic E-state index is 12.7. The number of carbonyl (C=O) groups is 1. The zero-order valence-corrected chi connectivity index (χ0v) is 21.0. The average molecular weight is 475 g/mol. The predicted molar refractivity (Wildman–Crippen MR) is 144 cm³/mol. The number of amides is 1. The summed E-state index contributed by atoms with van der Waals surface area (Å²) in [5, 5.41) is 6.15. The minimum atomic E-state index is -0.292. The Morgan fingerprint density at radius 3 is 2.21 bits per heavy atom. The molecule has 0 aromatic heterocycles. The summed E-state index contributed by atoms with van der Waals surface area (Å²) in [5.74, 6) is 0.991. The maximum Gasteiger partial charge on any atom is 0.233 e. The molecule has 5 heteroatoms. The van der Waals surface area contributed by atoms with Gasteiger partial charge in [-0.2, -0.15) is 0 Å². The molecule has 2 N–H and O–H groups in total. The van der Waals surface area contributed by atoms with E-state index >= 15 is 0 Å². The lowest BCUT2D eigenvalue weighted by molar-refractivity contribution is -0.120. The van der Waals surface area contributed by atoms with Crippen LogP contribution in [0.15, 0.2) is 78.9 Å². The van der Waals surface area contributed by atoms with Crippen LogP contribution in [0.5, 0.6) is 5.75 Å². The van der Waals surface area contributed by atoms with Crippen LogP contribution in [0.2, 0.25) is 0 Å². The van der Waals surface area contributed by atoms with Crippen LogP contribution >= 0.6 is 12.2 Å². The fraction of sp³-hybridized carbons (Fsp3) is 0.310. The lowest BCUT2D eigenvalue weighted by Gasteiger charge is -2.15. The second-order valence-electron chi connectivity index (χ2n) is 8.97. The largest absolute Gasteiger partial charge is 0.494 e. The van der Waals surface area contributed by atoms with Gasteiger partial charge in [-0.3, -0.25) is 4.79 Å². The molecule has 0 fully saturated rings. The van der Waals surface area contributed by atoms with Crippen molar-refractivity contribution in [3.63, 3.8) is 0 Å². The number of rotatable bonds is 10. The average Bonchev–Trinajstić information content (AvgIpc) is 2.83. The Morgan fingerprint density at radius 2 is 1.56 bits per heavy atom. The van der Waals surface area contributed by atoms with Gasteiger partial charge in [-0.25, -0.2) is 0 Å². The summed E-state index contributed by atoms with van der Waals surface area (Å²) in [5.41, 5.74) is 4.38. The van der Waals surface area contributed by atoms with Crippen molar-refractivity contribution >= 4 is 28.9 Å². The van der Waals surface area contributed by atoms with Crippen molar-refractivity contribution in [3.05, 3.63) is 95.6 Å². The van der Waals surface area contributed by atoms with Gasteiger partial charge in [0.25, 0.3) is 0 Å². The molecule has 0 saturated carbocycles. The Balaban J connectivity index is 1.41. The molecule has 3 aromatic rings. The first-order valence-corrected chi connectivity index (χ1v) is 12.3. The van der Waals surface area contributed by atoms with E-state index in [0.29, 0.717) is 12.5 Å². The molecule has 0 bridgehead atoms. The highest BCUT2D eigenvalue weighted by Gasteiger charge is 2.16. The molecular weight excluding hydrogens is 440 g/mol. The minimum Gasteiger partial charge on any atom is -0.494 e. The van der Waals surface area contributed by atoms with Gasteiger partial charge in [0.2, 0.25) is 5.91 Å². The monoisotopic (exact) mass is 474 g/mol. The summed E-state index contributed by atoms with van der Waals surface area (Å²) >= 11 is 5.34. The van der Waals surface area contributed by atoms with Crippen LogP contribution in [-0.2, 0) is 17.6 Å². The van der Waals surface area contributed by atoms with E-state index in [4.69, 9.17) is 17.0 Å². The van der Waals surface area contributed by atoms with Gasteiger partial charge in [0, 0.05) is 5.69 Å². The molecule has 1 atom stereocenters. The van der Waals surface area contributed by atoms with E-state index in [1.165, 1.54) is 11.1 Å². The molecule has 1 amide bonds. The van der Waals surface area contributed by atoms with Crippen LogP contribution in [-0.4, -0.2) is 17.6 Å². The highest BCUT2D eigenvalue weighted by atomic mass is 32.1. The molecular formula is C29H34N2O2S. The maximum absolute atomic E-state index is 12.7. The predicted octanol–water partition coefficient (Wildman–Crippen LogP) is 6.51. The minimum absolute atomic E-state index is 0.132. The van der Waals surface area contributed by atoms with E-state index in [2.05, 4.69) is 60.9 Å². The molecule has 0 aliphatic rings. The first kappa shape index (κ1) is 25.4. The third-order valence-electron chi connectivity index (χ3n) is 5.59. The van der Waals surface area contributed by atoms with Crippen molar-refractivity contribution in [2.75, 3.05) is 11.9 Å². The van der Waals surface area contributed by atoms with Crippen LogP contribution < -0.4 is 15.4 Å². The topological polar surface area (TPSA) is 50.4 Å². The molecule has 34 heavy (non-hydrogen) atoms. The van der Waals surface area contributed by atoms with E-state index < -0.39 is 0 Å². The summed E-state index contributed by atoms with van der Waals surface area (Å²) in [6, 6.07) is 26.2. The molecule has 0 aliphatic heterocycles. The first-order chi connectivity index (χ1) is 16.4. The van der Waals surface area contributed by atoms with E-state index in [9.17, 15) is 4.79 Å². The van der Waals surface area contributed by atoms with Crippen molar-refractivity contribution in [1.29, 1.82) is 0 Å². The summed E-state index contributed by atoms with van der Waals surface area (Å²) < 4.78 is 5.83. The molecule has 0 saturated heterocycles. The molecule has 0 aliphatic carbocycles. The van der Waals surface area contributed by atoms with Gasteiger partial charge >= 0.3 is 0 Å². The van der Waals surface area contributed by atoms with E-state index in [1.807, 2.05) is 49.4 Å². The SMILES string of the molecule is CC(C)Cc1ccc(C(C)C(=O)NC(=S)Nc2ccc(OCCCc3ccccc3)cc2)cc1. The lowest BCUT2D eigenvalue weighted by atomic mass is 9.96. The van der Waals surface area contributed by atoms with Crippen molar-refractivity contribution < 1.29 is 9.53 Å². The number of anilines is 1. The Hall–Kier alpha value is -3.18. The van der Waals surface area contributed by atoms with Crippen LogP contribution in [0.4, 0.5) is 5.69 Å². The second-order valence-corrected chi connectivity index (χ2v) is 9.37. The summed E-state index contributed by atoms with van der Waals surface area (Å²) in [7, 11) is 0. The summed E-state index contributed by atoms with van der Waals surface area (Å²) in [6.45, 7) is 6.95. The van der Waals surface area contributed by atoms with Crippen molar-refractivity contribution in [2.24, 2.45) is 5.92 Å². The molecule has 0 spiro atoms. The van der Waals surface area contributed by atoms with E-state index in [1.54, 1.807) is 0 Å². The number of carbonyl (C=O) groups excluding carboxylic acids is 1. The van der Waals surface area contributed by atoms with Crippen LogP contribution in [0.3, 0.4) is 0 Å². The normalized spacial score (nSPS) is 11.6.